The second kappa shape index (κ2) is 40.4. The lowest BCUT2D eigenvalue weighted by atomic mass is 10.00. The lowest BCUT2D eigenvalue weighted by molar-refractivity contribution is -0.297. The molecule has 1 rings (SSSR count). The molecule has 1 fully saturated rings. The second-order valence-electron chi connectivity index (χ2n) is 17.8. The number of aliphatic hydroxyl groups excluding tert-OH is 3. The predicted octanol–water partition coefficient (Wildman–Crippen LogP) is 11.2. The van der Waals surface area contributed by atoms with Gasteiger partial charge in [-0.2, -0.15) is 8.42 Å². The molecule has 0 bridgehead atoms. The number of ether oxygens (including phenoxy) is 4. The van der Waals surface area contributed by atoms with Gasteiger partial charge in [0, 0.05) is 12.8 Å². The molecule has 12 nitrogen and oxygen atoms in total. The summed E-state index contributed by atoms with van der Waals surface area (Å²) in [6.07, 6.45) is 36.6. The van der Waals surface area contributed by atoms with Crippen LogP contribution in [0.5, 0.6) is 0 Å². The number of unbranched alkanes of at least 4 members (excludes halogenated alkanes) is 27. The van der Waals surface area contributed by atoms with Gasteiger partial charge in [0.05, 0.1) is 6.61 Å². The molecule has 370 valence electrons. The van der Waals surface area contributed by atoms with Crippen molar-refractivity contribution in [3.05, 3.63) is 24.3 Å². The van der Waals surface area contributed by atoms with Crippen LogP contribution in [0.1, 0.15) is 226 Å². The zero-order chi connectivity index (χ0) is 46.2. The number of hydrogen-bond donors (Lipinski definition) is 4. The quantitative estimate of drug-likeness (QED) is 0.0197. The summed E-state index contributed by atoms with van der Waals surface area (Å²) in [7, 11) is -4.60. The molecular weight excluding hydrogens is 825 g/mol. The van der Waals surface area contributed by atoms with E-state index in [-0.39, 0.29) is 19.4 Å². The van der Waals surface area contributed by atoms with Crippen molar-refractivity contribution >= 4 is 22.1 Å². The molecule has 0 aromatic rings. The first-order chi connectivity index (χ1) is 30.5. The van der Waals surface area contributed by atoms with Crippen molar-refractivity contribution in [3.63, 3.8) is 0 Å². The summed E-state index contributed by atoms with van der Waals surface area (Å²) in [5, 5.41) is 30.9. The van der Waals surface area contributed by atoms with Crippen molar-refractivity contribution in [3.8, 4) is 0 Å². The Morgan fingerprint density at radius 2 is 0.984 bits per heavy atom. The Balaban J connectivity index is 2.33. The van der Waals surface area contributed by atoms with Crippen LogP contribution in [0.25, 0.3) is 0 Å². The Morgan fingerprint density at radius 3 is 1.46 bits per heavy atom. The van der Waals surface area contributed by atoms with E-state index < -0.39 is 71.2 Å². The highest BCUT2D eigenvalue weighted by molar-refractivity contribution is 7.85. The number of aliphatic hydroxyl groups is 3. The smallest absolute Gasteiger partial charge is 0.306 e. The molecule has 0 aliphatic carbocycles. The molecule has 0 aromatic heterocycles. The van der Waals surface area contributed by atoms with Crippen LogP contribution in [0.4, 0.5) is 0 Å². The highest BCUT2D eigenvalue weighted by Crippen LogP contribution is 2.24. The van der Waals surface area contributed by atoms with Crippen molar-refractivity contribution in [1.29, 1.82) is 0 Å². The monoisotopic (exact) mass is 917 g/mol. The largest absolute Gasteiger partial charge is 0.462 e. The third kappa shape index (κ3) is 35.1. The summed E-state index contributed by atoms with van der Waals surface area (Å²) in [4.78, 5) is 25.5. The van der Waals surface area contributed by atoms with Crippen molar-refractivity contribution in [2.24, 2.45) is 0 Å². The molecule has 1 heterocycles. The minimum atomic E-state index is -4.60. The van der Waals surface area contributed by atoms with Crippen LogP contribution in [0.3, 0.4) is 0 Å². The molecule has 0 aromatic carbocycles. The highest BCUT2D eigenvalue weighted by atomic mass is 32.2. The van der Waals surface area contributed by atoms with Crippen molar-refractivity contribution < 1.29 is 56.8 Å². The number of hydrogen-bond acceptors (Lipinski definition) is 11. The van der Waals surface area contributed by atoms with Gasteiger partial charge in [0.2, 0.25) is 0 Å². The van der Waals surface area contributed by atoms with Crippen LogP contribution >= 0.6 is 0 Å². The van der Waals surface area contributed by atoms with Gasteiger partial charge >= 0.3 is 11.9 Å². The molecule has 0 saturated carbocycles. The van der Waals surface area contributed by atoms with Crippen LogP contribution in [0.15, 0.2) is 24.3 Å². The molecule has 1 aliphatic rings. The molecular formula is C50H92O12S. The van der Waals surface area contributed by atoms with E-state index in [1.54, 1.807) is 0 Å². The summed E-state index contributed by atoms with van der Waals surface area (Å²) in [5.41, 5.74) is 0. The minimum absolute atomic E-state index is 0.151. The highest BCUT2D eigenvalue weighted by Gasteiger charge is 2.46. The second-order valence-corrected chi connectivity index (χ2v) is 19.3. The lowest BCUT2D eigenvalue weighted by Crippen LogP contribution is -2.60. The topological polar surface area (TPSA) is 186 Å². The molecule has 1 aliphatic heterocycles. The third-order valence-corrected chi connectivity index (χ3v) is 12.5. The van der Waals surface area contributed by atoms with Crippen LogP contribution in [-0.4, -0.2) is 96.0 Å². The van der Waals surface area contributed by atoms with E-state index >= 15 is 0 Å². The van der Waals surface area contributed by atoms with Gasteiger partial charge in [-0.1, -0.05) is 199 Å². The van der Waals surface area contributed by atoms with E-state index in [0.717, 1.165) is 70.6 Å². The fraction of sp³-hybridized carbons (Fsp3) is 0.880. The van der Waals surface area contributed by atoms with Gasteiger partial charge < -0.3 is 34.3 Å². The minimum Gasteiger partial charge on any atom is -0.462 e. The Kier molecular flexibility index (Phi) is 37.9. The molecule has 63 heavy (non-hydrogen) atoms. The third-order valence-electron chi connectivity index (χ3n) is 11.8. The van der Waals surface area contributed by atoms with Gasteiger partial charge in [-0.3, -0.25) is 14.1 Å². The number of carbonyl (C=O) groups is 2. The van der Waals surface area contributed by atoms with Gasteiger partial charge in [-0.15, -0.1) is 0 Å². The molecule has 0 spiro atoms. The number of rotatable bonds is 43. The first-order valence-electron chi connectivity index (χ1n) is 25.4. The van der Waals surface area contributed by atoms with Gasteiger partial charge in [-0.25, -0.2) is 0 Å². The Labute approximate surface area is 383 Å². The van der Waals surface area contributed by atoms with Crippen molar-refractivity contribution in [2.75, 3.05) is 19.0 Å². The standard InChI is InChI=1S/C50H92O12S/c1-3-5-7-9-11-13-15-17-18-19-20-21-22-23-24-25-27-28-30-32-34-36-38-45(51)59-40-43(41-60-50-49(55)48(54)47(53)44(62-50)42-63(56,57)58)61-46(52)39-37-35-33-31-29-26-16-14-12-10-8-6-4-2/h8,10,14,16,43-44,47-50,53-55H,3-7,9,11-13,15,17-42H2,1-2H3,(H,56,57,58)/b10-8-,16-14-. The van der Waals surface area contributed by atoms with Crippen LogP contribution in [0.2, 0.25) is 0 Å². The SMILES string of the molecule is CCC/C=C\C/C=C\CCCCCCCC(=O)OC(COC(=O)CCCCCCCCCCCCCCCCCCCCCCCC)COC1OC(CS(=O)(=O)O)C(O)C(O)C1O. The summed E-state index contributed by atoms with van der Waals surface area (Å²) >= 11 is 0. The van der Waals surface area contributed by atoms with Gasteiger partial charge in [0.25, 0.3) is 10.1 Å². The molecule has 4 N–H and O–H groups in total. The van der Waals surface area contributed by atoms with Gasteiger partial charge in [-0.05, 0) is 38.5 Å². The van der Waals surface area contributed by atoms with Crippen molar-refractivity contribution in [1.82, 2.24) is 0 Å². The van der Waals surface area contributed by atoms with E-state index in [9.17, 15) is 37.9 Å². The van der Waals surface area contributed by atoms with Gasteiger partial charge in [0.1, 0.15) is 36.8 Å². The van der Waals surface area contributed by atoms with E-state index in [1.165, 1.54) is 116 Å². The Morgan fingerprint density at radius 1 is 0.540 bits per heavy atom. The average Bonchev–Trinajstić information content (AvgIpc) is 3.25. The first-order valence-corrected chi connectivity index (χ1v) is 27.0. The molecule has 0 amide bonds. The normalized spacial score (nSPS) is 19.9. The number of esters is 2. The van der Waals surface area contributed by atoms with E-state index in [1.807, 2.05) is 0 Å². The van der Waals surface area contributed by atoms with E-state index in [0.29, 0.717) is 12.8 Å². The summed E-state index contributed by atoms with van der Waals surface area (Å²) < 4.78 is 54.1. The van der Waals surface area contributed by atoms with Crippen LogP contribution in [0, 0.1) is 0 Å². The summed E-state index contributed by atoms with van der Waals surface area (Å²) in [6.45, 7) is 3.71. The van der Waals surface area contributed by atoms with Gasteiger partial charge in [0.15, 0.2) is 12.4 Å². The lowest BCUT2D eigenvalue weighted by Gasteiger charge is -2.40. The predicted molar refractivity (Wildman–Crippen MR) is 252 cm³/mol. The summed E-state index contributed by atoms with van der Waals surface area (Å²) in [5.74, 6) is -1.99. The molecule has 13 heteroatoms. The van der Waals surface area contributed by atoms with Crippen molar-refractivity contribution in [2.45, 2.75) is 263 Å². The van der Waals surface area contributed by atoms with Crippen LogP contribution in [-0.2, 0) is 38.7 Å². The molecule has 0 radical (unpaired) electrons. The zero-order valence-corrected chi connectivity index (χ0v) is 40.5. The first kappa shape index (κ1) is 59.1. The molecule has 6 unspecified atom stereocenters. The maximum absolute atomic E-state index is 12.8. The average molecular weight is 917 g/mol. The molecule has 1 saturated heterocycles. The fourth-order valence-electron chi connectivity index (χ4n) is 7.83. The maximum atomic E-state index is 12.8. The summed E-state index contributed by atoms with van der Waals surface area (Å²) in [6, 6.07) is 0. The maximum Gasteiger partial charge on any atom is 0.306 e. The Hall–Kier alpha value is -1.87. The number of carbonyl (C=O) groups excluding carboxylic acids is 2. The Bertz CT molecular complexity index is 1260. The fourth-order valence-corrected chi connectivity index (χ4v) is 8.52. The zero-order valence-electron chi connectivity index (χ0n) is 39.7. The number of allylic oxidation sites excluding steroid dienone is 4. The molecule has 6 atom stereocenters. The van der Waals surface area contributed by atoms with Crippen LogP contribution < -0.4 is 0 Å². The van der Waals surface area contributed by atoms with E-state index in [2.05, 4.69) is 38.2 Å². The van der Waals surface area contributed by atoms with E-state index in [4.69, 9.17) is 18.9 Å².